The quantitative estimate of drug-likeness (QED) is 0.859. The van der Waals surface area contributed by atoms with Gasteiger partial charge in [0.15, 0.2) is 0 Å². The summed E-state index contributed by atoms with van der Waals surface area (Å²) in [4.78, 5) is 14.3. The minimum absolute atomic E-state index is 0.132. The smallest absolute Gasteiger partial charge is 0.282 e. The maximum absolute atomic E-state index is 11.9. The van der Waals surface area contributed by atoms with Crippen LogP contribution in [0.1, 0.15) is 13.8 Å². The SMILES string of the molecule is CC(C)C(CNc1cnn(C)c(=O)c1Br)N1CCOCC1. The number of morpholine rings is 1. The highest BCUT2D eigenvalue weighted by atomic mass is 79.9. The average Bonchev–Trinajstić information content (AvgIpc) is 2.48. The Kier molecular flexibility index (Phi) is 5.78. The summed E-state index contributed by atoms with van der Waals surface area (Å²) in [5, 5.41) is 7.41. The second kappa shape index (κ2) is 7.38. The third-order valence-electron chi connectivity index (χ3n) is 3.86. The Labute approximate surface area is 133 Å². The molecule has 6 nitrogen and oxygen atoms in total. The number of hydrogen-bond acceptors (Lipinski definition) is 5. The van der Waals surface area contributed by atoms with E-state index in [1.807, 2.05) is 0 Å². The zero-order valence-corrected chi connectivity index (χ0v) is 14.4. The van der Waals surface area contributed by atoms with Crippen molar-refractivity contribution in [1.29, 1.82) is 0 Å². The number of halogens is 1. The van der Waals surface area contributed by atoms with Crippen LogP contribution in [-0.2, 0) is 11.8 Å². The summed E-state index contributed by atoms with van der Waals surface area (Å²) in [6.07, 6.45) is 1.68. The summed E-state index contributed by atoms with van der Waals surface area (Å²) in [6, 6.07) is 0.407. The Morgan fingerprint density at radius 3 is 2.71 bits per heavy atom. The lowest BCUT2D eigenvalue weighted by Crippen LogP contribution is -2.49. The number of anilines is 1. The van der Waals surface area contributed by atoms with Crippen molar-refractivity contribution in [2.45, 2.75) is 19.9 Å². The van der Waals surface area contributed by atoms with Crippen molar-refractivity contribution in [3.05, 3.63) is 21.0 Å². The molecule has 0 saturated carbocycles. The molecule has 21 heavy (non-hydrogen) atoms. The molecule has 0 amide bonds. The van der Waals surface area contributed by atoms with Gasteiger partial charge in [0, 0.05) is 32.7 Å². The molecule has 0 bridgehead atoms. The number of nitrogens with one attached hydrogen (secondary N) is 1. The Hall–Kier alpha value is -0.920. The minimum atomic E-state index is -0.132. The molecule has 0 radical (unpaired) electrons. The summed E-state index contributed by atoms with van der Waals surface area (Å²) in [7, 11) is 1.64. The van der Waals surface area contributed by atoms with E-state index in [4.69, 9.17) is 4.74 Å². The van der Waals surface area contributed by atoms with E-state index in [1.54, 1.807) is 13.2 Å². The average molecular weight is 359 g/mol. The second-order valence-corrected chi connectivity index (χ2v) is 6.43. The lowest BCUT2D eigenvalue weighted by molar-refractivity contribution is 0.00954. The first kappa shape index (κ1) is 16.5. The van der Waals surface area contributed by atoms with E-state index in [9.17, 15) is 4.79 Å². The number of ether oxygens (including phenoxy) is 1. The van der Waals surface area contributed by atoms with Crippen molar-refractivity contribution in [1.82, 2.24) is 14.7 Å². The highest BCUT2D eigenvalue weighted by Gasteiger charge is 2.23. The summed E-state index contributed by atoms with van der Waals surface area (Å²) in [5.74, 6) is 0.522. The van der Waals surface area contributed by atoms with Crippen LogP contribution in [0.4, 0.5) is 5.69 Å². The van der Waals surface area contributed by atoms with Crippen LogP contribution in [0.15, 0.2) is 15.5 Å². The maximum Gasteiger partial charge on any atom is 0.282 e. The molecule has 1 unspecified atom stereocenters. The molecule has 1 aromatic heterocycles. The van der Waals surface area contributed by atoms with Gasteiger partial charge < -0.3 is 10.1 Å². The van der Waals surface area contributed by atoms with Crippen LogP contribution in [0.3, 0.4) is 0 Å². The Balaban J connectivity index is 2.05. The fourth-order valence-electron chi connectivity index (χ4n) is 2.54. The van der Waals surface area contributed by atoms with Crippen molar-refractivity contribution in [3.63, 3.8) is 0 Å². The van der Waals surface area contributed by atoms with Gasteiger partial charge in [0.2, 0.25) is 0 Å². The van der Waals surface area contributed by atoms with Gasteiger partial charge in [-0.2, -0.15) is 5.10 Å². The van der Waals surface area contributed by atoms with E-state index in [0.29, 0.717) is 16.4 Å². The van der Waals surface area contributed by atoms with Crippen LogP contribution >= 0.6 is 15.9 Å². The normalized spacial score (nSPS) is 18.0. The molecule has 118 valence electrons. The first-order valence-electron chi connectivity index (χ1n) is 7.28. The largest absolute Gasteiger partial charge is 0.381 e. The predicted octanol–water partition coefficient (Wildman–Crippen LogP) is 1.31. The number of aryl methyl sites for hydroxylation is 1. The molecule has 1 aliphatic heterocycles. The van der Waals surface area contributed by atoms with Gasteiger partial charge in [-0.15, -0.1) is 0 Å². The Bertz CT molecular complexity index is 526. The van der Waals surface area contributed by atoms with Gasteiger partial charge in [-0.1, -0.05) is 13.8 Å². The summed E-state index contributed by atoms with van der Waals surface area (Å²) < 4.78 is 7.27. The minimum Gasteiger partial charge on any atom is -0.381 e. The Morgan fingerprint density at radius 1 is 1.43 bits per heavy atom. The highest BCUT2D eigenvalue weighted by Crippen LogP contribution is 2.18. The molecule has 2 heterocycles. The first-order valence-corrected chi connectivity index (χ1v) is 8.07. The first-order chi connectivity index (χ1) is 10.0. The summed E-state index contributed by atoms with van der Waals surface area (Å²) in [5.41, 5.74) is 0.615. The fraction of sp³-hybridized carbons (Fsp3) is 0.714. The molecule has 1 fully saturated rings. The summed E-state index contributed by atoms with van der Waals surface area (Å²) in [6.45, 7) is 8.73. The zero-order valence-electron chi connectivity index (χ0n) is 12.8. The topological polar surface area (TPSA) is 59.4 Å². The van der Waals surface area contributed by atoms with Crippen molar-refractivity contribution >= 4 is 21.6 Å². The van der Waals surface area contributed by atoms with E-state index in [0.717, 1.165) is 38.5 Å². The van der Waals surface area contributed by atoms with E-state index in [1.165, 1.54) is 4.68 Å². The van der Waals surface area contributed by atoms with Crippen LogP contribution in [0, 0.1) is 5.92 Å². The molecule has 0 aliphatic carbocycles. The molecule has 2 rings (SSSR count). The molecule has 0 spiro atoms. The van der Waals surface area contributed by atoms with Gasteiger partial charge in [0.05, 0.1) is 25.1 Å². The fourth-order valence-corrected chi connectivity index (χ4v) is 3.04. The van der Waals surface area contributed by atoms with Gasteiger partial charge in [-0.3, -0.25) is 9.69 Å². The molecule has 1 N–H and O–H groups in total. The zero-order chi connectivity index (χ0) is 15.4. The van der Waals surface area contributed by atoms with Gasteiger partial charge >= 0.3 is 0 Å². The van der Waals surface area contributed by atoms with Crippen LogP contribution in [-0.4, -0.2) is 53.6 Å². The van der Waals surface area contributed by atoms with Crippen LogP contribution < -0.4 is 10.9 Å². The third-order valence-corrected chi connectivity index (χ3v) is 4.63. The third kappa shape index (κ3) is 4.05. The van der Waals surface area contributed by atoms with Crippen LogP contribution in [0.25, 0.3) is 0 Å². The lowest BCUT2D eigenvalue weighted by Gasteiger charge is -2.37. The molecule has 1 aliphatic rings. The van der Waals surface area contributed by atoms with Crippen molar-refractivity contribution in [2.24, 2.45) is 13.0 Å². The van der Waals surface area contributed by atoms with E-state index in [-0.39, 0.29) is 5.56 Å². The van der Waals surface area contributed by atoms with Crippen LogP contribution in [0.2, 0.25) is 0 Å². The molecular weight excluding hydrogens is 336 g/mol. The van der Waals surface area contributed by atoms with Crippen molar-refractivity contribution < 1.29 is 4.74 Å². The molecule has 7 heteroatoms. The number of rotatable bonds is 5. The maximum atomic E-state index is 11.9. The molecule has 1 atom stereocenters. The molecular formula is C14H23BrN4O2. The van der Waals surface area contributed by atoms with E-state index < -0.39 is 0 Å². The Morgan fingerprint density at radius 2 is 2.10 bits per heavy atom. The second-order valence-electron chi connectivity index (χ2n) is 5.64. The van der Waals surface area contributed by atoms with Crippen LogP contribution in [0.5, 0.6) is 0 Å². The number of hydrogen-bond donors (Lipinski definition) is 1. The van der Waals surface area contributed by atoms with Gasteiger partial charge in [-0.25, -0.2) is 4.68 Å². The van der Waals surface area contributed by atoms with E-state index in [2.05, 4.69) is 45.1 Å². The van der Waals surface area contributed by atoms with Gasteiger partial charge in [0.25, 0.3) is 5.56 Å². The monoisotopic (exact) mass is 358 g/mol. The van der Waals surface area contributed by atoms with Crippen molar-refractivity contribution in [2.75, 3.05) is 38.2 Å². The van der Waals surface area contributed by atoms with Gasteiger partial charge in [-0.05, 0) is 21.8 Å². The number of aromatic nitrogens is 2. The molecule has 0 aromatic carbocycles. The van der Waals surface area contributed by atoms with Gasteiger partial charge in [0.1, 0.15) is 4.47 Å². The summed E-state index contributed by atoms with van der Waals surface area (Å²) >= 11 is 3.34. The van der Waals surface area contributed by atoms with E-state index >= 15 is 0 Å². The lowest BCUT2D eigenvalue weighted by atomic mass is 10.0. The highest BCUT2D eigenvalue weighted by molar-refractivity contribution is 9.10. The standard InChI is InChI=1S/C14H23BrN4O2/c1-10(2)12(19-4-6-21-7-5-19)9-16-11-8-17-18(3)14(20)13(11)15/h8,10,12,16H,4-7,9H2,1-3H3. The molecule has 1 saturated heterocycles. The van der Waals surface area contributed by atoms with Crippen molar-refractivity contribution in [3.8, 4) is 0 Å². The number of nitrogens with zero attached hydrogens (tertiary/aromatic N) is 3. The predicted molar refractivity (Wildman–Crippen MR) is 86.7 cm³/mol. The molecule has 1 aromatic rings.